The maximum Gasteiger partial charge on any atom is 0.307 e. The second-order valence-electron chi connectivity index (χ2n) is 9.01. The van der Waals surface area contributed by atoms with E-state index in [1.165, 1.54) is 0 Å². The van der Waals surface area contributed by atoms with Crippen molar-refractivity contribution in [3.63, 3.8) is 0 Å². The standard InChI is InChI=1S/C27H29ClN2O6S2/c1-3-34-24(31)11-12-29-25(32)23(38-26(29)33)13-18-7-9-21(10-8-18)35-16-17(2)30-15-22(36-27(30)37)19-5-4-6-20(28)14-19/h4-10,14,17,22-23H,3,11-13,15-16H2,1-2H3/t17-,22+,23?/m1/s1. The van der Waals surface area contributed by atoms with Gasteiger partial charge in [0.05, 0.1) is 30.9 Å². The van der Waals surface area contributed by atoms with Crippen LogP contribution in [0.1, 0.15) is 37.5 Å². The molecule has 8 nitrogen and oxygen atoms in total. The van der Waals surface area contributed by atoms with Crippen LogP contribution >= 0.6 is 35.6 Å². The molecule has 0 aliphatic carbocycles. The Balaban J connectivity index is 1.25. The van der Waals surface area contributed by atoms with E-state index in [0.29, 0.717) is 35.5 Å². The van der Waals surface area contributed by atoms with Crippen LogP contribution < -0.4 is 4.74 Å². The lowest BCUT2D eigenvalue weighted by Gasteiger charge is -2.23. The van der Waals surface area contributed by atoms with Gasteiger partial charge in [0.1, 0.15) is 18.5 Å². The molecule has 2 fully saturated rings. The number of amides is 2. The lowest BCUT2D eigenvalue weighted by atomic mass is 10.1. The Morgan fingerprint density at radius 2 is 2.00 bits per heavy atom. The van der Waals surface area contributed by atoms with Crippen molar-refractivity contribution in [3.8, 4) is 5.75 Å². The van der Waals surface area contributed by atoms with Crippen LogP contribution in [0.2, 0.25) is 5.02 Å². The highest BCUT2D eigenvalue weighted by atomic mass is 35.5. The average Bonchev–Trinajstić information content (AvgIpc) is 3.41. The maximum absolute atomic E-state index is 12.7. The molecule has 2 saturated heterocycles. The highest BCUT2D eigenvalue weighted by molar-refractivity contribution is 8.15. The topological polar surface area (TPSA) is 85.4 Å². The third kappa shape index (κ3) is 6.98. The Morgan fingerprint density at radius 3 is 2.71 bits per heavy atom. The molecular weight excluding hydrogens is 548 g/mol. The second-order valence-corrected chi connectivity index (χ2v) is 10.9. The molecule has 0 aromatic heterocycles. The summed E-state index contributed by atoms with van der Waals surface area (Å²) in [7, 11) is 0. The minimum absolute atomic E-state index is 0.00139. The summed E-state index contributed by atoms with van der Waals surface area (Å²) in [6.45, 7) is 5.07. The molecule has 0 N–H and O–H groups in total. The highest BCUT2D eigenvalue weighted by Crippen LogP contribution is 2.31. The number of rotatable bonds is 11. The van der Waals surface area contributed by atoms with Gasteiger partial charge in [-0.15, -0.1) is 0 Å². The molecular formula is C27H29ClN2O6S2. The van der Waals surface area contributed by atoms with E-state index in [2.05, 4.69) is 0 Å². The Labute approximate surface area is 236 Å². The van der Waals surface area contributed by atoms with Gasteiger partial charge in [0, 0.05) is 11.6 Å². The zero-order valence-electron chi connectivity index (χ0n) is 21.1. The first kappa shape index (κ1) is 28.2. The predicted molar refractivity (Wildman–Crippen MR) is 149 cm³/mol. The first-order valence-electron chi connectivity index (χ1n) is 12.4. The average molecular weight is 577 g/mol. The van der Waals surface area contributed by atoms with Gasteiger partial charge >= 0.3 is 5.97 Å². The van der Waals surface area contributed by atoms with E-state index in [-0.39, 0.29) is 42.9 Å². The van der Waals surface area contributed by atoms with Crippen molar-refractivity contribution in [1.82, 2.24) is 9.80 Å². The van der Waals surface area contributed by atoms with E-state index in [9.17, 15) is 14.4 Å². The number of hydrogen-bond acceptors (Lipinski definition) is 8. The number of halogens is 1. The monoisotopic (exact) mass is 576 g/mol. The van der Waals surface area contributed by atoms with E-state index in [1.54, 1.807) is 6.92 Å². The molecule has 2 heterocycles. The number of thiocarbonyl (C=S) groups is 1. The number of carbonyl (C=O) groups is 3. The summed E-state index contributed by atoms with van der Waals surface area (Å²) in [5, 5.41) is 0.245. The lowest BCUT2D eigenvalue weighted by molar-refractivity contribution is -0.143. The fourth-order valence-electron chi connectivity index (χ4n) is 4.23. The van der Waals surface area contributed by atoms with Gasteiger partial charge < -0.3 is 19.1 Å². The van der Waals surface area contributed by atoms with Crippen LogP contribution in [0.3, 0.4) is 0 Å². The third-order valence-electron chi connectivity index (χ3n) is 6.28. The quantitative estimate of drug-likeness (QED) is 0.270. The van der Waals surface area contributed by atoms with Gasteiger partial charge in [-0.05, 0) is 67.9 Å². The summed E-state index contributed by atoms with van der Waals surface area (Å²) in [6.07, 6.45) is 0.233. The van der Waals surface area contributed by atoms with Gasteiger partial charge in [0.2, 0.25) is 5.91 Å². The summed E-state index contributed by atoms with van der Waals surface area (Å²) in [5.41, 5.74) is 1.89. The van der Waals surface area contributed by atoms with Crippen LogP contribution in [0.5, 0.6) is 5.75 Å². The smallest absolute Gasteiger partial charge is 0.307 e. The molecule has 38 heavy (non-hydrogen) atoms. The Bertz CT molecular complexity index is 1190. The largest absolute Gasteiger partial charge is 0.491 e. The van der Waals surface area contributed by atoms with E-state index < -0.39 is 11.2 Å². The molecule has 0 radical (unpaired) electrons. The number of imide groups is 1. The zero-order chi connectivity index (χ0) is 27.2. The first-order chi connectivity index (χ1) is 18.2. The number of thioether (sulfide) groups is 1. The van der Waals surface area contributed by atoms with Crippen LogP contribution in [0.15, 0.2) is 48.5 Å². The Kier molecular flexibility index (Phi) is 9.51. The SMILES string of the molecule is CCOC(=O)CCN1C(=O)SC(Cc2ccc(OC[C@@H](C)N3C[C@@H](c4cccc(Cl)c4)OC3=S)cc2)C1=O. The molecule has 2 aliphatic rings. The minimum atomic E-state index is -0.514. The number of carbonyl (C=O) groups excluding carboxylic acids is 3. The van der Waals surface area contributed by atoms with E-state index in [4.69, 9.17) is 38.0 Å². The summed E-state index contributed by atoms with van der Waals surface area (Å²) in [5.74, 6) is -0.0136. The van der Waals surface area contributed by atoms with Crippen molar-refractivity contribution >= 4 is 57.9 Å². The second kappa shape index (κ2) is 12.8. The molecule has 11 heteroatoms. The van der Waals surface area contributed by atoms with Crippen LogP contribution in [0, 0.1) is 0 Å². The number of esters is 1. The summed E-state index contributed by atoms with van der Waals surface area (Å²) in [6, 6.07) is 15.0. The van der Waals surface area contributed by atoms with Crippen LogP contribution in [0.25, 0.3) is 0 Å². The summed E-state index contributed by atoms with van der Waals surface area (Å²) in [4.78, 5) is 39.7. The van der Waals surface area contributed by atoms with Crippen molar-refractivity contribution in [2.45, 2.75) is 44.1 Å². The van der Waals surface area contributed by atoms with Crippen molar-refractivity contribution in [2.24, 2.45) is 0 Å². The Hall–Kier alpha value is -2.82. The molecule has 2 aromatic carbocycles. The molecule has 2 aromatic rings. The van der Waals surface area contributed by atoms with Gasteiger partial charge in [-0.2, -0.15) is 0 Å². The molecule has 202 valence electrons. The molecule has 2 aliphatic heterocycles. The zero-order valence-corrected chi connectivity index (χ0v) is 23.5. The van der Waals surface area contributed by atoms with Gasteiger partial charge in [-0.25, -0.2) is 0 Å². The molecule has 2 amide bonds. The molecule has 3 atom stereocenters. The molecule has 0 spiro atoms. The van der Waals surface area contributed by atoms with Crippen molar-refractivity contribution in [2.75, 3.05) is 26.3 Å². The third-order valence-corrected chi connectivity index (χ3v) is 7.92. The number of ether oxygens (including phenoxy) is 3. The molecule has 0 bridgehead atoms. The fourth-order valence-corrected chi connectivity index (χ4v) is 5.85. The first-order valence-corrected chi connectivity index (χ1v) is 14.0. The predicted octanol–water partition coefficient (Wildman–Crippen LogP) is 5.03. The van der Waals surface area contributed by atoms with Gasteiger partial charge in [0.15, 0.2) is 0 Å². The van der Waals surface area contributed by atoms with Crippen molar-refractivity contribution < 1.29 is 28.6 Å². The van der Waals surface area contributed by atoms with Crippen molar-refractivity contribution in [1.29, 1.82) is 0 Å². The van der Waals surface area contributed by atoms with E-state index in [1.807, 2.05) is 60.4 Å². The van der Waals surface area contributed by atoms with E-state index in [0.717, 1.165) is 27.8 Å². The maximum atomic E-state index is 12.7. The summed E-state index contributed by atoms with van der Waals surface area (Å²) < 4.78 is 16.8. The summed E-state index contributed by atoms with van der Waals surface area (Å²) >= 11 is 12.6. The number of hydrogen-bond donors (Lipinski definition) is 0. The van der Waals surface area contributed by atoms with Gasteiger partial charge in [0.25, 0.3) is 10.4 Å². The molecule has 0 saturated carbocycles. The number of benzene rings is 2. The normalized spacial score (nSPS) is 20.0. The Morgan fingerprint density at radius 1 is 1.24 bits per heavy atom. The van der Waals surface area contributed by atoms with Crippen LogP contribution in [-0.4, -0.2) is 69.7 Å². The minimum Gasteiger partial charge on any atom is -0.491 e. The highest BCUT2D eigenvalue weighted by Gasteiger charge is 2.39. The number of nitrogens with zero attached hydrogens (tertiary/aromatic N) is 2. The molecule has 1 unspecified atom stereocenters. The lowest BCUT2D eigenvalue weighted by Crippen LogP contribution is -2.37. The molecule has 4 rings (SSSR count). The van der Waals surface area contributed by atoms with Crippen LogP contribution in [0.4, 0.5) is 4.79 Å². The fraction of sp³-hybridized carbons (Fsp3) is 0.407. The van der Waals surface area contributed by atoms with E-state index >= 15 is 0 Å². The van der Waals surface area contributed by atoms with Crippen LogP contribution in [-0.2, 0) is 25.5 Å². The van der Waals surface area contributed by atoms with Gasteiger partial charge in [-0.1, -0.05) is 47.6 Å². The van der Waals surface area contributed by atoms with Crippen molar-refractivity contribution in [3.05, 3.63) is 64.7 Å². The van der Waals surface area contributed by atoms with Gasteiger partial charge in [-0.3, -0.25) is 19.3 Å².